The molecule has 0 fully saturated rings. The molecule has 2 heteroatoms. The van der Waals surface area contributed by atoms with Crippen LogP contribution in [0.5, 0.6) is 5.75 Å². The Morgan fingerprint density at radius 3 is 2.20 bits per heavy atom. The van der Waals surface area contributed by atoms with Crippen molar-refractivity contribution in [1.29, 1.82) is 0 Å². The molecular formula is C8H9ClO. The minimum Gasteiger partial charge on any atom is -0.506 e. The summed E-state index contributed by atoms with van der Waals surface area (Å²) in [5.74, 6) is 0.196. The Bertz CT molecular complexity index is 229. The third-order valence-corrected chi connectivity index (χ3v) is 1.99. The number of hydrogen-bond acceptors (Lipinski definition) is 1. The van der Waals surface area contributed by atoms with Gasteiger partial charge in [0.2, 0.25) is 0 Å². The van der Waals surface area contributed by atoms with Crippen LogP contribution in [0.4, 0.5) is 0 Å². The van der Waals surface area contributed by atoms with E-state index in [1.165, 1.54) is 0 Å². The van der Waals surface area contributed by atoms with Crippen LogP contribution in [-0.2, 0) is 0 Å². The van der Waals surface area contributed by atoms with E-state index in [2.05, 4.69) is 0 Å². The molecular weight excluding hydrogens is 148 g/mol. The summed E-state index contributed by atoms with van der Waals surface area (Å²) in [6, 6.07) is 3.73. The molecule has 0 heterocycles. The Morgan fingerprint density at radius 2 is 1.70 bits per heavy atom. The number of aromatic hydroxyl groups is 1. The number of aryl methyl sites for hydroxylation is 2. The van der Waals surface area contributed by atoms with Crippen molar-refractivity contribution in [2.45, 2.75) is 13.8 Å². The molecule has 0 saturated heterocycles. The molecule has 0 saturated carbocycles. The van der Waals surface area contributed by atoms with Crippen LogP contribution in [-0.4, -0.2) is 5.11 Å². The molecule has 54 valence electrons. The maximum absolute atomic E-state index is 9.26. The SMILES string of the molecule is Cc1ccc(C)c(Cl)c1O. The molecule has 0 atom stereocenters. The number of rotatable bonds is 0. The van der Waals surface area contributed by atoms with Gasteiger partial charge in [0.1, 0.15) is 5.75 Å². The molecule has 0 bridgehead atoms. The van der Waals surface area contributed by atoms with Crippen LogP contribution in [0.1, 0.15) is 11.1 Å². The van der Waals surface area contributed by atoms with Crippen molar-refractivity contribution < 1.29 is 5.11 Å². The Balaban J connectivity index is 3.34. The highest BCUT2D eigenvalue weighted by atomic mass is 35.5. The van der Waals surface area contributed by atoms with Crippen LogP contribution in [0, 0.1) is 13.8 Å². The van der Waals surface area contributed by atoms with Crippen LogP contribution < -0.4 is 0 Å². The largest absolute Gasteiger partial charge is 0.506 e. The van der Waals surface area contributed by atoms with Gasteiger partial charge < -0.3 is 5.11 Å². The van der Waals surface area contributed by atoms with Crippen molar-refractivity contribution in [3.8, 4) is 5.75 Å². The summed E-state index contributed by atoms with van der Waals surface area (Å²) >= 11 is 5.73. The standard InChI is InChI=1S/C8H9ClO/c1-5-3-4-6(2)8(10)7(5)9/h3-4,10H,1-2H3. The molecule has 1 N–H and O–H groups in total. The lowest BCUT2D eigenvalue weighted by molar-refractivity contribution is 0.471. The molecule has 0 radical (unpaired) electrons. The summed E-state index contributed by atoms with van der Waals surface area (Å²) in [5.41, 5.74) is 1.72. The highest BCUT2D eigenvalue weighted by Crippen LogP contribution is 2.29. The molecule has 1 nitrogen and oxygen atoms in total. The zero-order valence-corrected chi connectivity index (χ0v) is 6.74. The minimum absolute atomic E-state index is 0.196. The Morgan fingerprint density at radius 1 is 1.20 bits per heavy atom. The molecule has 0 amide bonds. The average molecular weight is 157 g/mol. The Labute approximate surface area is 65.3 Å². The maximum Gasteiger partial charge on any atom is 0.137 e. The van der Waals surface area contributed by atoms with E-state index in [-0.39, 0.29) is 5.75 Å². The second-order valence-corrected chi connectivity index (χ2v) is 2.74. The molecule has 1 aromatic rings. The van der Waals surface area contributed by atoms with Gasteiger partial charge in [-0.05, 0) is 25.0 Å². The number of benzene rings is 1. The van der Waals surface area contributed by atoms with Gasteiger partial charge in [-0.1, -0.05) is 23.7 Å². The third-order valence-electron chi connectivity index (χ3n) is 1.51. The Hall–Kier alpha value is -0.690. The van der Waals surface area contributed by atoms with Crippen LogP contribution in [0.2, 0.25) is 5.02 Å². The van der Waals surface area contributed by atoms with Gasteiger partial charge in [-0.25, -0.2) is 0 Å². The van der Waals surface area contributed by atoms with Crippen molar-refractivity contribution in [3.05, 3.63) is 28.3 Å². The van der Waals surface area contributed by atoms with Gasteiger partial charge in [0.05, 0.1) is 5.02 Å². The zero-order valence-electron chi connectivity index (χ0n) is 5.98. The number of phenolic OH excluding ortho intramolecular Hbond substituents is 1. The lowest BCUT2D eigenvalue weighted by Crippen LogP contribution is -1.79. The van der Waals surface area contributed by atoms with Crippen LogP contribution in [0.15, 0.2) is 12.1 Å². The smallest absolute Gasteiger partial charge is 0.137 e. The molecule has 0 spiro atoms. The van der Waals surface area contributed by atoms with E-state index in [4.69, 9.17) is 11.6 Å². The molecule has 0 aliphatic heterocycles. The lowest BCUT2D eigenvalue weighted by Gasteiger charge is -2.02. The molecule has 0 aromatic heterocycles. The summed E-state index contributed by atoms with van der Waals surface area (Å²) in [5, 5.41) is 9.71. The van der Waals surface area contributed by atoms with E-state index in [9.17, 15) is 5.11 Å². The predicted molar refractivity (Wildman–Crippen MR) is 42.6 cm³/mol. The van der Waals surface area contributed by atoms with Crippen molar-refractivity contribution in [1.82, 2.24) is 0 Å². The van der Waals surface area contributed by atoms with E-state index in [0.29, 0.717) is 5.02 Å². The van der Waals surface area contributed by atoms with Crippen molar-refractivity contribution in [2.75, 3.05) is 0 Å². The van der Waals surface area contributed by atoms with Gasteiger partial charge in [-0.15, -0.1) is 0 Å². The number of phenols is 1. The fraction of sp³-hybridized carbons (Fsp3) is 0.250. The second-order valence-electron chi connectivity index (χ2n) is 2.36. The van der Waals surface area contributed by atoms with Gasteiger partial charge in [0.25, 0.3) is 0 Å². The van der Waals surface area contributed by atoms with Gasteiger partial charge >= 0.3 is 0 Å². The van der Waals surface area contributed by atoms with Gasteiger partial charge in [0.15, 0.2) is 0 Å². The summed E-state index contributed by atoms with van der Waals surface area (Å²) in [6.45, 7) is 3.68. The van der Waals surface area contributed by atoms with Crippen LogP contribution in [0.25, 0.3) is 0 Å². The van der Waals surface area contributed by atoms with Crippen molar-refractivity contribution in [3.63, 3.8) is 0 Å². The van der Waals surface area contributed by atoms with E-state index in [1.54, 1.807) is 0 Å². The number of halogens is 1. The summed E-state index contributed by atoms with van der Waals surface area (Å²) in [7, 11) is 0. The maximum atomic E-state index is 9.26. The van der Waals surface area contributed by atoms with Gasteiger partial charge in [-0.2, -0.15) is 0 Å². The van der Waals surface area contributed by atoms with Crippen LogP contribution >= 0.6 is 11.6 Å². The summed E-state index contributed by atoms with van der Waals surface area (Å²) in [4.78, 5) is 0. The molecule has 0 aliphatic rings. The fourth-order valence-corrected chi connectivity index (χ4v) is 0.974. The summed E-state index contributed by atoms with van der Waals surface area (Å²) < 4.78 is 0. The third kappa shape index (κ3) is 1.09. The second kappa shape index (κ2) is 2.51. The van der Waals surface area contributed by atoms with E-state index in [1.807, 2.05) is 26.0 Å². The van der Waals surface area contributed by atoms with Crippen LogP contribution in [0.3, 0.4) is 0 Å². The van der Waals surface area contributed by atoms with Crippen molar-refractivity contribution in [2.24, 2.45) is 0 Å². The van der Waals surface area contributed by atoms with Crippen molar-refractivity contribution >= 4 is 11.6 Å². The molecule has 1 aromatic carbocycles. The first-order valence-electron chi connectivity index (χ1n) is 3.07. The summed E-state index contributed by atoms with van der Waals surface area (Å²) in [6.07, 6.45) is 0. The average Bonchev–Trinajstić information content (AvgIpc) is 1.93. The molecule has 0 aliphatic carbocycles. The lowest BCUT2D eigenvalue weighted by atomic mass is 10.1. The van der Waals surface area contributed by atoms with E-state index < -0.39 is 0 Å². The topological polar surface area (TPSA) is 20.2 Å². The van der Waals surface area contributed by atoms with Gasteiger partial charge in [-0.3, -0.25) is 0 Å². The first kappa shape index (κ1) is 7.42. The fourth-order valence-electron chi connectivity index (χ4n) is 0.762. The predicted octanol–water partition coefficient (Wildman–Crippen LogP) is 2.66. The highest BCUT2D eigenvalue weighted by Gasteiger charge is 2.02. The first-order valence-corrected chi connectivity index (χ1v) is 3.45. The number of hydrogen-bond donors (Lipinski definition) is 1. The normalized spacial score (nSPS) is 9.90. The Kier molecular flexibility index (Phi) is 1.86. The van der Waals surface area contributed by atoms with E-state index in [0.717, 1.165) is 11.1 Å². The van der Waals surface area contributed by atoms with Gasteiger partial charge in [0, 0.05) is 0 Å². The highest BCUT2D eigenvalue weighted by molar-refractivity contribution is 6.32. The molecule has 10 heavy (non-hydrogen) atoms. The van der Waals surface area contributed by atoms with E-state index >= 15 is 0 Å². The first-order chi connectivity index (χ1) is 4.63. The monoisotopic (exact) mass is 156 g/mol. The molecule has 0 unspecified atom stereocenters. The quantitative estimate of drug-likeness (QED) is 0.613. The molecule has 1 rings (SSSR count). The zero-order chi connectivity index (χ0) is 7.72. The minimum atomic E-state index is 0.196.